The van der Waals surface area contributed by atoms with E-state index in [1.54, 1.807) is 7.11 Å². The molecule has 0 saturated heterocycles. The highest BCUT2D eigenvalue weighted by Crippen LogP contribution is 2.25. The van der Waals surface area contributed by atoms with Crippen LogP contribution in [0.4, 0.5) is 0 Å². The van der Waals surface area contributed by atoms with Gasteiger partial charge in [0.2, 0.25) is 5.91 Å². The number of amides is 1. The Hall–Kier alpha value is -0.570. The fourth-order valence-electron chi connectivity index (χ4n) is 0.958. The third-order valence-corrected chi connectivity index (χ3v) is 1.87. The number of nitrogens with one attached hydrogen (secondary N) is 1. The van der Waals surface area contributed by atoms with Crippen LogP contribution in [-0.2, 0) is 9.53 Å². The first kappa shape index (κ1) is 7.54. The van der Waals surface area contributed by atoms with Gasteiger partial charge < -0.3 is 10.1 Å². The second kappa shape index (κ2) is 3.56. The molecule has 1 N–H and O–H groups in total. The molecule has 0 atom stereocenters. The Morgan fingerprint density at radius 1 is 1.70 bits per heavy atom. The molecule has 1 aliphatic rings. The van der Waals surface area contributed by atoms with Gasteiger partial charge in [-0.15, -0.1) is 0 Å². The number of ether oxygens (including phenoxy) is 1. The maximum absolute atomic E-state index is 11.0. The fraction of sp³-hybridized carbons (Fsp3) is 0.857. The van der Waals surface area contributed by atoms with Crippen LogP contribution < -0.4 is 5.32 Å². The van der Waals surface area contributed by atoms with Crippen molar-refractivity contribution in [2.24, 2.45) is 5.92 Å². The lowest BCUT2D eigenvalue weighted by Crippen LogP contribution is -2.35. The molecular weight excluding hydrogens is 130 g/mol. The van der Waals surface area contributed by atoms with Crippen molar-refractivity contribution in [2.75, 3.05) is 13.8 Å². The average Bonchev–Trinajstić information content (AvgIpc) is 1.79. The summed E-state index contributed by atoms with van der Waals surface area (Å²) in [4.78, 5) is 11.0. The molecular formula is C7H13NO2. The van der Waals surface area contributed by atoms with Crippen molar-refractivity contribution in [3.05, 3.63) is 0 Å². The average molecular weight is 143 g/mol. The SMILES string of the molecule is COCNC(=O)C1CCC1. The summed E-state index contributed by atoms with van der Waals surface area (Å²) < 4.78 is 4.70. The van der Waals surface area contributed by atoms with Crippen LogP contribution in [0.15, 0.2) is 0 Å². The molecule has 0 aromatic carbocycles. The minimum absolute atomic E-state index is 0.146. The van der Waals surface area contributed by atoms with Crippen molar-refractivity contribution in [2.45, 2.75) is 19.3 Å². The quantitative estimate of drug-likeness (QED) is 0.584. The Morgan fingerprint density at radius 3 is 2.80 bits per heavy atom. The van der Waals surface area contributed by atoms with Gasteiger partial charge in [0.25, 0.3) is 0 Å². The monoisotopic (exact) mass is 143 g/mol. The number of hydrogen-bond acceptors (Lipinski definition) is 2. The summed E-state index contributed by atoms with van der Waals surface area (Å²) in [6, 6.07) is 0. The molecule has 1 amide bonds. The normalized spacial score (nSPS) is 18.1. The smallest absolute Gasteiger partial charge is 0.224 e. The standard InChI is InChI=1S/C7H13NO2/c1-10-5-8-7(9)6-3-2-4-6/h6H,2-5H2,1H3,(H,8,9). The molecule has 3 nitrogen and oxygen atoms in total. The highest BCUT2D eigenvalue weighted by Gasteiger charge is 2.24. The summed E-state index contributed by atoms with van der Waals surface area (Å²) in [7, 11) is 1.57. The lowest BCUT2D eigenvalue weighted by atomic mass is 9.85. The minimum Gasteiger partial charge on any atom is -0.364 e. The van der Waals surface area contributed by atoms with E-state index in [1.807, 2.05) is 0 Å². The number of carbonyl (C=O) groups excluding carboxylic acids is 1. The number of methoxy groups -OCH3 is 1. The third-order valence-electron chi connectivity index (χ3n) is 1.87. The first-order valence-corrected chi connectivity index (χ1v) is 3.61. The number of carbonyl (C=O) groups is 1. The van der Waals surface area contributed by atoms with Crippen molar-refractivity contribution in [1.82, 2.24) is 5.32 Å². The highest BCUT2D eigenvalue weighted by molar-refractivity contribution is 5.79. The maximum atomic E-state index is 11.0. The summed E-state index contributed by atoms with van der Waals surface area (Å²) in [6.07, 6.45) is 3.30. The van der Waals surface area contributed by atoms with E-state index in [4.69, 9.17) is 4.74 Å². The lowest BCUT2D eigenvalue weighted by molar-refractivity contribution is -0.128. The van der Waals surface area contributed by atoms with E-state index in [-0.39, 0.29) is 11.8 Å². The second-order valence-corrected chi connectivity index (χ2v) is 2.60. The van der Waals surface area contributed by atoms with E-state index in [2.05, 4.69) is 5.32 Å². The van der Waals surface area contributed by atoms with Gasteiger partial charge in [0.1, 0.15) is 6.73 Å². The van der Waals surface area contributed by atoms with E-state index in [1.165, 1.54) is 6.42 Å². The van der Waals surface area contributed by atoms with Gasteiger partial charge in [0, 0.05) is 13.0 Å². The lowest BCUT2D eigenvalue weighted by Gasteiger charge is -2.23. The number of rotatable bonds is 3. The zero-order valence-corrected chi connectivity index (χ0v) is 6.22. The van der Waals surface area contributed by atoms with Crippen molar-refractivity contribution in [3.8, 4) is 0 Å². The Kier molecular flexibility index (Phi) is 2.68. The molecule has 10 heavy (non-hydrogen) atoms. The number of hydrogen-bond donors (Lipinski definition) is 1. The van der Waals surface area contributed by atoms with Crippen LogP contribution in [-0.4, -0.2) is 19.7 Å². The van der Waals surface area contributed by atoms with Crippen LogP contribution in [0.3, 0.4) is 0 Å². The molecule has 0 aliphatic heterocycles. The predicted molar refractivity (Wildman–Crippen MR) is 37.4 cm³/mol. The minimum atomic E-state index is 0.146. The predicted octanol–water partition coefficient (Wildman–Crippen LogP) is 0.507. The molecule has 0 bridgehead atoms. The summed E-state index contributed by atoms with van der Waals surface area (Å²) in [5.41, 5.74) is 0. The first-order valence-electron chi connectivity index (χ1n) is 3.61. The van der Waals surface area contributed by atoms with Gasteiger partial charge >= 0.3 is 0 Å². The van der Waals surface area contributed by atoms with E-state index < -0.39 is 0 Å². The van der Waals surface area contributed by atoms with Gasteiger partial charge in [-0.2, -0.15) is 0 Å². The first-order chi connectivity index (χ1) is 4.84. The molecule has 1 saturated carbocycles. The summed E-state index contributed by atoms with van der Waals surface area (Å²) >= 11 is 0. The van der Waals surface area contributed by atoms with E-state index in [9.17, 15) is 4.79 Å². The van der Waals surface area contributed by atoms with Gasteiger partial charge in [-0.1, -0.05) is 6.42 Å². The molecule has 1 rings (SSSR count). The van der Waals surface area contributed by atoms with Crippen LogP contribution in [0.2, 0.25) is 0 Å². The molecule has 0 heterocycles. The molecule has 0 radical (unpaired) electrons. The van der Waals surface area contributed by atoms with Crippen LogP contribution >= 0.6 is 0 Å². The van der Waals surface area contributed by atoms with Gasteiger partial charge in [-0.05, 0) is 12.8 Å². The topological polar surface area (TPSA) is 38.3 Å². The van der Waals surface area contributed by atoms with Crippen molar-refractivity contribution in [3.63, 3.8) is 0 Å². The summed E-state index contributed by atoms with van der Waals surface area (Å²) in [5, 5.41) is 2.67. The Balaban J connectivity index is 2.08. The fourth-order valence-corrected chi connectivity index (χ4v) is 0.958. The van der Waals surface area contributed by atoms with E-state index >= 15 is 0 Å². The molecule has 0 spiro atoms. The van der Waals surface area contributed by atoms with Gasteiger partial charge in [-0.25, -0.2) is 0 Å². The second-order valence-electron chi connectivity index (χ2n) is 2.60. The maximum Gasteiger partial charge on any atom is 0.224 e. The molecule has 0 unspecified atom stereocenters. The molecule has 58 valence electrons. The summed E-state index contributed by atoms with van der Waals surface area (Å²) in [6.45, 7) is 0.343. The van der Waals surface area contributed by atoms with Gasteiger partial charge in [0.05, 0.1) is 0 Å². The van der Waals surface area contributed by atoms with Crippen LogP contribution in [0, 0.1) is 5.92 Å². The van der Waals surface area contributed by atoms with Crippen LogP contribution in [0.1, 0.15) is 19.3 Å². The van der Waals surface area contributed by atoms with Crippen molar-refractivity contribution >= 4 is 5.91 Å². The van der Waals surface area contributed by atoms with Crippen LogP contribution in [0.5, 0.6) is 0 Å². The largest absolute Gasteiger partial charge is 0.364 e. The van der Waals surface area contributed by atoms with Crippen LogP contribution in [0.25, 0.3) is 0 Å². The van der Waals surface area contributed by atoms with Gasteiger partial charge in [0.15, 0.2) is 0 Å². The van der Waals surface area contributed by atoms with Gasteiger partial charge in [-0.3, -0.25) is 4.79 Å². The van der Waals surface area contributed by atoms with E-state index in [0.717, 1.165) is 12.8 Å². The molecule has 0 aromatic rings. The Bertz CT molecular complexity index is 121. The Labute approximate surface area is 60.7 Å². The third kappa shape index (κ3) is 1.70. The summed E-state index contributed by atoms with van der Waals surface area (Å²) in [5.74, 6) is 0.420. The zero-order chi connectivity index (χ0) is 7.40. The highest BCUT2D eigenvalue weighted by atomic mass is 16.5. The van der Waals surface area contributed by atoms with Crippen molar-refractivity contribution in [1.29, 1.82) is 0 Å². The molecule has 3 heteroatoms. The van der Waals surface area contributed by atoms with Crippen molar-refractivity contribution < 1.29 is 9.53 Å². The molecule has 0 aromatic heterocycles. The Morgan fingerprint density at radius 2 is 2.40 bits per heavy atom. The molecule has 1 fully saturated rings. The van der Waals surface area contributed by atoms with E-state index in [0.29, 0.717) is 6.73 Å². The molecule has 1 aliphatic carbocycles. The zero-order valence-electron chi connectivity index (χ0n) is 6.22.